The molecule has 0 heterocycles. The first kappa shape index (κ1) is 40.3. The molecule has 3 N–H and O–H groups in total. The zero-order valence-corrected chi connectivity index (χ0v) is 27.7. The van der Waals surface area contributed by atoms with Gasteiger partial charge < -0.3 is 10.4 Å². The van der Waals surface area contributed by atoms with Gasteiger partial charge in [0, 0.05) is 6.42 Å². The Morgan fingerprint density at radius 2 is 1.10 bits per heavy atom. The molecule has 0 saturated heterocycles. The lowest BCUT2D eigenvalue weighted by atomic mass is 10.1. The first-order valence-electron chi connectivity index (χ1n) is 16.8. The molecule has 244 valence electrons. The number of nitrogens with one attached hydrogen (secondary N) is 1. The predicted octanol–water partition coefficient (Wildman–Crippen LogP) is 9.18. The van der Waals surface area contributed by atoms with Crippen LogP contribution in [-0.2, 0) is 14.9 Å². The van der Waals surface area contributed by atoms with Crippen LogP contribution in [0.3, 0.4) is 0 Å². The van der Waals surface area contributed by atoms with Crippen molar-refractivity contribution in [3.8, 4) is 0 Å². The van der Waals surface area contributed by atoms with Gasteiger partial charge in [-0.25, -0.2) is 0 Å². The highest BCUT2D eigenvalue weighted by Crippen LogP contribution is 2.10. The van der Waals surface area contributed by atoms with Crippen LogP contribution in [0.1, 0.15) is 149 Å². The molecule has 0 aromatic carbocycles. The molecule has 0 radical (unpaired) electrons. The molecule has 0 aromatic heterocycles. The van der Waals surface area contributed by atoms with E-state index < -0.39 is 28.0 Å². The fourth-order valence-corrected chi connectivity index (χ4v) is 5.40. The minimum Gasteiger partial charge on any atom is -0.387 e. The standard InChI is InChI=1S/C35H63NO5S/c1-3-5-7-9-11-13-15-17-18-19-21-23-25-27-29-31-35(38)36-33(32-42(39,40)41)34(37)30-28-26-24-22-20-16-14-12-10-8-6-4-2/h11,13,17-18,20,22,28,30,33-34,37H,3-10,12,14-16,19,21,23-27,29,31-32H2,1-2H3,(H,36,38)(H,39,40,41)/b13-11-,18-17-,22-20+,30-28+. The highest BCUT2D eigenvalue weighted by molar-refractivity contribution is 7.85. The van der Waals surface area contributed by atoms with Gasteiger partial charge in [-0.15, -0.1) is 0 Å². The number of aliphatic hydroxyl groups excluding tert-OH is 1. The van der Waals surface area contributed by atoms with E-state index in [4.69, 9.17) is 0 Å². The molecule has 2 atom stereocenters. The molecule has 0 fully saturated rings. The summed E-state index contributed by atoms with van der Waals surface area (Å²) in [7, 11) is -4.35. The zero-order valence-electron chi connectivity index (χ0n) is 26.9. The smallest absolute Gasteiger partial charge is 0.267 e. The third-order valence-electron chi connectivity index (χ3n) is 7.23. The summed E-state index contributed by atoms with van der Waals surface area (Å²) in [5.74, 6) is -1.02. The number of hydrogen-bond donors (Lipinski definition) is 3. The van der Waals surface area contributed by atoms with E-state index in [1.54, 1.807) is 6.08 Å². The van der Waals surface area contributed by atoms with Gasteiger partial charge in [-0.1, -0.05) is 127 Å². The molecule has 42 heavy (non-hydrogen) atoms. The van der Waals surface area contributed by atoms with Crippen molar-refractivity contribution in [3.05, 3.63) is 48.6 Å². The van der Waals surface area contributed by atoms with Crippen molar-refractivity contribution < 1.29 is 22.9 Å². The van der Waals surface area contributed by atoms with E-state index in [9.17, 15) is 22.9 Å². The van der Waals surface area contributed by atoms with Gasteiger partial charge in [-0.3, -0.25) is 9.35 Å². The number of rotatable bonds is 29. The van der Waals surface area contributed by atoms with E-state index in [0.717, 1.165) is 51.4 Å². The Kier molecular flexibility index (Phi) is 28.2. The van der Waals surface area contributed by atoms with Crippen LogP contribution in [0.2, 0.25) is 0 Å². The van der Waals surface area contributed by atoms with Crippen molar-refractivity contribution in [2.24, 2.45) is 0 Å². The van der Waals surface area contributed by atoms with Crippen LogP contribution < -0.4 is 5.32 Å². The number of hydrogen-bond acceptors (Lipinski definition) is 4. The SMILES string of the molecule is CCCCC/C=C\C/C=C\CCCCCCCC(=O)NC(CS(=O)(=O)O)C(O)/C=C/CC/C=C/CCCCCCCC. The summed E-state index contributed by atoms with van der Waals surface area (Å²) < 4.78 is 32.2. The summed E-state index contributed by atoms with van der Waals surface area (Å²) in [6, 6.07) is -1.08. The number of amides is 1. The number of carbonyl (C=O) groups is 1. The molecular formula is C35H63NO5S. The quantitative estimate of drug-likeness (QED) is 0.0446. The maximum atomic E-state index is 12.4. The Balaban J connectivity index is 4.13. The number of aliphatic hydroxyl groups is 1. The molecule has 0 rings (SSSR count). The van der Waals surface area contributed by atoms with Crippen LogP contribution in [0.15, 0.2) is 48.6 Å². The van der Waals surface area contributed by atoms with E-state index in [0.29, 0.717) is 12.8 Å². The third kappa shape index (κ3) is 29.8. The Bertz CT molecular complexity index is 847. The lowest BCUT2D eigenvalue weighted by Crippen LogP contribution is -2.46. The topological polar surface area (TPSA) is 104 Å². The third-order valence-corrected chi connectivity index (χ3v) is 8.01. The maximum absolute atomic E-state index is 12.4. The van der Waals surface area contributed by atoms with E-state index in [1.807, 2.05) is 0 Å². The second kappa shape index (κ2) is 29.4. The number of allylic oxidation sites excluding steroid dienone is 7. The maximum Gasteiger partial charge on any atom is 0.267 e. The molecule has 0 aliphatic rings. The molecule has 0 aliphatic heterocycles. The van der Waals surface area contributed by atoms with E-state index in [2.05, 4.69) is 55.6 Å². The minimum atomic E-state index is -4.35. The minimum absolute atomic E-state index is 0.270. The summed E-state index contributed by atoms with van der Waals surface area (Å²) in [4.78, 5) is 12.4. The van der Waals surface area contributed by atoms with Gasteiger partial charge >= 0.3 is 0 Å². The Morgan fingerprint density at radius 3 is 1.69 bits per heavy atom. The average molecular weight is 610 g/mol. The van der Waals surface area contributed by atoms with Crippen molar-refractivity contribution in [1.29, 1.82) is 0 Å². The van der Waals surface area contributed by atoms with Crippen LogP contribution in [-0.4, -0.2) is 41.9 Å². The van der Waals surface area contributed by atoms with Crippen molar-refractivity contribution in [1.82, 2.24) is 5.32 Å². The van der Waals surface area contributed by atoms with E-state index in [-0.39, 0.29) is 12.3 Å². The van der Waals surface area contributed by atoms with Gasteiger partial charge in [0.05, 0.1) is 17.9 Å². The predicted molar refractivity (Wildman–Crippen MR) is 179 cm³/mol. The number of unbranched alkanes of at least 4 members (excludes halogenated alkanes) is 15. The van der Waals surface area contributed by atoms with Crippen LogP contribution >= 0.6 is 0 Å². The first-order valence-corrected chi connectivity index (χ1v) is 18.4. The summed E-state index contributed by atoms with van der Waals surface area (Å²) in [5, 5.41) is 13.1. The molecule has 0 aromatic rings. The molecule has 0 spiro atoms. The van der Waals surface area contributed by atoms with Gasteiger partial charge in [0.25, 0.3) is 10.1 Å². The Hall–Kier alpha value is -1.70. The zero-order chi connectivity index (χ0) is 31.2. The van der Waals surface area contributed by atoms with Gasteiger partial charge in [0.15, 0.2) is 0 Å². The van der Waals surface area contributed by atoms with Crippen molar-refractivity contribution in [2.75, 3.05) is 5.75 Å². The van der Waals surface area contributed by atoms with Gasteiger partial charge in [-0.2, -0.15) is 8.42 Å². The first-order chi connectivity index (χ1) is 20.3. The molecule has 0 aliphatic carbocycles. The Labute approximate surface area is 259 Å². The van der Waals surface area contributed by atoms with Crippen molar-refractivity contribution >= 4 is 16.0 Å². The monoisotopic (exact) mass is 609 g/mol. The highest BCUT2D eigenvalue weighted by atomic mass is 32.2. The second-order valence-electron chi connectivity index (χ2n) is 11.4. The summed E-state index contributed by atoms with van der Waals surface area (Å²) in [6.45, 7) is 4.44. The molecule has 0 saturated carbocycles. The van der Waals surface area contributed by atoms with Gasteiger partial charge in [0.1, 0.15) is 0 Å². The summed E-state index contributed by atoms with van der Waals surface area (Å²) in [5.41, 5.74) is 0. The van der Waals surface area contributed by atoms with Crippen molar-refractivity contribution in [2.45, 2.75) is 161 Å². The second-order valence-corrected chi connectivity index (χ2v) is 12.9. The largest absolute Gasteiger partial charge is 0.387 e. The average Bonchev–Trinajstić information content (AvgIpc) is 2.94. The van der Waals surface area contributed by atoms with Crippen LogP contribution in [0.4, 0.5) is 0 Å². The van der Waals surface area contributed by atoms with E-state index >= 15 is 0 Å². The van der Waals surface area contributed by atoms with Crippen LogP contribution in [0, 0.1) is 0 Å². The highest BCUT2D eigenvalue weighted by Gasteiger charge is 2.24. The molecule has 2 unspecified atom stereocenters. The lowest BCUT2D eigenvalue weighted by molar-refractivity contribution is -0.122. The van der Waals surface area contributed by atoms with Crippen molar-refractivity contribution in [3.63, 3.8) is 0 Å². The van der Waals surface area contributed by atoms with E-state index in [1.165, 1.54) is 70.3 Å². The number of carbonyl (C=O) groups excluding carboxylic acids is 1. The Morgan fingerprint density at radius 1 is 0.643 bits per heavy atom. The fraction of sp³-hybridized carbons (Fsp3) is 0.743. The molecule has 6 nitrogen and oxygen atoms in total. The van der Waals surface area contributed by atoms with Crippen LogP contribution in [0.25, 0.3) is 0 Å². The van der Waals surface area contributed by atoms with Gasteiger partial charge in [0.2, 0.25) is 5.91 Å². The summed E-state index contributed by atoms with van der Waals surface area (Å²) >= 11 is 0. The molecule has 7 heteroatoms. The molecular weight excluding hydrogens is 546 g/mol. The molecule has 0 bridgehead atoms. The van der Waals surface area contributed by atoms with Gasteiger partial charge in [-0.05, 0) is 64.2 Å². The van der Waals surface area contributed by atoms with Crippen LogP contribution in [0.5, 0.6) is 0 Å². The fourth-order valence-electron chi connectivity index (χ4n) is 4.67. The molecule has 1 amide bonds. The normalized spacial score (nSPS) is 14.1. The lowest BCUT2D eigenvalue weighted by Gasteiger charge is -2.21. The summed E-state index contributed by atoms with van der Waals surface area (Å²) in [6.07, 6.45) is 38.0.